The maximum atomic E-state index is 12.1. The molecule has 22 heavy (non-hydrogen) atoms. The third-order valence-electron chi connectivity index (χ3n) is 3.31. The molecule has 1 aromatic rings. The fourth-order valence-corrected chi connectivity index (χ4v) is 2.17. The topological polar surface area (TPSA) is 61.4 Å². The highest BCUT2D eigenvalue weighted by Crippen LogP contribution is 2.10. The van der Waals surface area contributed by atoms with Crippen LogP contribution in [0.5, 0.6) is 0 Å². The standard InChI is InChI=1S/C17H27N3O2/c1-5-20(11-16(21)18-13(2)3)12-17(22)19-14(4)15-9-7-6-8-10-15/h6-10,13-14H,5,11-12H2,1-4H3,(H,18,21)(H,19,22)/t14-/m1/s1. The fraction of sp³-hybridized carbons (Fsp3) is 0.529. The molecule has 0 aliphatic carbocycles. The fourth-order valence-electron chi connectivity index (χ4n) is 2.17. The maximum absolute atomic E-state index is 12.1. The Hall–Kier alpha value is -1.88. The number of rotatable bonds is 8. The largest absolute Gasteiger partial charge is 0.353 e. The van der Waals surface area contributed by atoms with Gasteiger partial charge < -0.3 is 10.6 Å². The van der Waals surface area contributed by atoms with Crippen LogP contribution in [0, 0.1) is 0 Å². The van der Waals surface area contributed by atoms with Crippen LogP contribution in [0.3, 0.4) is 0 Å². The predicted octanol–water partition coefficient (Wildman–Crippen LogP) is 1.71. The molecule has 2 N–H and O–H groups in total. The van der Waals surface area contributed by atoms with Crippen LogP contribution in [0.4, 0.5) is 0 Å². The summed E-state index contributed by atoms with van der Waals surface area (Å²) in [4.78, 5) is 25.7. The van der Waals surface area contributed by atoms with Crippen molar-refractivity contribution in [2.24, 2.45) is 0 Å². The Morgan fingerprint density at radius 3 is 2.05 bits per heavy atom. The van der Waals surface area contributed by atoms with Crippen LogP contribution >= 0.6 is 0 Å². The van der Waals surface area contributed by atoms with Gasteiger partial charge in [0.15, 0.2) is 0 Å². The molecule has 122 valence electrons. The van der Waals surface area contributed by atoms with Gasteiger partial charge in [0.2, 0.25) is 11.8 Å². The molecule has 0 unspecified atom stereocenters. The number of hydrogen-bond donors (Lipinski definition) is 2. The second-order valence-electron chi connectivity index (χ2n) is 5.73. The summed E-state index contributed by atoms with van der Waals surface area (Å²) >= 11 is 0. The van der Waals surface area contributed by atoms with Crippen molar-refractivity contribution in [3.05, 3.63) is 35.9 Å². The Bertz CT molecular complexity index is 474. The Kier molecular flexibility index (Phi) is 7.60. The average molecular weight is 305 g/mol. The number of benzene rings is 1. The van der Waals surface area contributed by atoms with Gasteiger partial charge in [0.25, 0.3) is 0 Å². The molecule has 0 aromatic heterocycles. The Morgan fingerprint density at radius 1 is 1.00 bits per heavy atom. The van der Waals surface area contributed by atoms with Gasteiger partial charge in [0.1, 0.15) is 0 Å². The lowest BCUT2D eigenvalue weighted by Crippen LogP contribution is -2.44. The number of carbonyl (C=O) groups is 2. The van der Waals surface area contributed by atoms with Crippen LogP contribution in [0.25, 0.3) is 0 Å². The smallest absolute Gasteiger partial charge is 0.234 e. The van der Waals surface area contributed by atoms with Gasteiger partial charge in [-0.2, -0.15) is 0 Å². The van der Waals surface area contributed by atoms with E-state index in [1.165, 1.54) is 0 Å². The SMILES string of the molecule is CCN(CC(=O)NC(C)C)CC(=O)N[C@H](C)c1ccccc1. The van der Waals surface area contributed by atoms with E-state index in [1.807, 2.05) is 62.9 Å². The summed E-state index contributed by atoms with van der Waals surface area (Å²) in [5.41, 5.74) is 1.07. The number of nitrogens with one attached hydrogen (secondary N) is 2. The first-order valence-electron chi connectivity index (χ1n) is 7.78. The van der Waals surface area contributed by atoms with Gasteiger partial charge in [0, 0.05) is 6.04 Å². The van der Waals surface area contributed by atoms with Crippen molar-refractivity contribution in [2.45, 2.75) is 39.8 Å². The van der Waals surface area contributed by atoms with Crippen LogP contribution in [0.2, 0.25) is 0 Å². The summed E-state index contributed by atoms with van der Waals surface area (Å²) in [6.45, 7) is 8.84. The minimum absolute atomic E-state index is 0.0445. The average Bonchev–Trinajstić information content (AvgIpc) is 2.46. The quantitative estimate of drug-likeness (QED) is 0.768. The molecule has 5 nitrogen and oxygen atoms in total. The molecule has 0 aliphatic rings. The van der Waals surface area contributed by atoms with Gasteiger partial charge in [-0.05, 0) is 32.9 Å². The van der Waals surface area contributed by atoms with E-state index in [9.17, 15) is 9.59 Å². The highest BCUT2D eigenvalue weighted by atomic mass is 16.2. The molecule has 1 atom stereocenters. The predicted molar refractivity (Wildman–Crippen MR) is 88.4 cm³/mol. The molecule has 0 bridgehead atoms. The monoisotopic (exact) mass is 305 g/mol. The van der Waals surface area contributed by atoms with Crippen molar-refractivity contribution in [1.82, 2.24) is 15.5 Å². The summed E-state index contributed by atoms with van der Waals surface area (Å²) in [7, 11) is 0. The summed E-state index contributed by atoms with van der Waals surface area (Å²) < 4.78 is 0. The lowest BCUT2D eigenvalue weighted by molar-refractivity contribution is -0.125. The van der Waals surface area contributed by atoms with Gasteiger partial charge in [-0.1, -0.05) is 37.3 Å². The zero-order chi connectivity index (χ0) is 16.5. The molecule has 0 fully saturated rings. The van der Waals surface area contributed by atoms with Gasteiger partial charge >= 0.3 is 0 Å². The van der Waals surface area contributed by atoms with Gasteiger partial charge in [-0.3, -0.25) is 14.5 Å². The van der Waals surface area contributed by atoms with E-state index in [2.05, 4.69) is 10.6 Å². The van der Waals surface area contributed by atoms with Crippen LogP contribution in [0.1, 0.15) is 39.3 Å². The highest BCUT2D eigenvalue weighted by Gasteiger charge is 2.15. The minimum Gasteiger partial charge on any atom is -0.353 e. The zero-order valence-electron chi connectivity index (χ0n) is 13.9. The van der Waals surface area contributed by atoms with Crippen LogP contribution in [0.15, 0.2) is 30.3 Å². The van der Waals surface area contributed by atoms with Crippen molar-refractivity contribution < 1.29 is 9.59 Å². The molecule has 5 heteroatoms. The molecule has 0 heterocycles. The Labute approximate surface area is 133 Å². The molecule has 0 radical (unpaired) electrons. The minimum atomic E-state index is -0.0736. The number of hydrogen-bond acceptors (Lipinski definition) is 3. The van der Waals surface area contributed by atoms with E-state index in [1.54, 1.807) is 0 Å². The molecule has 0 spiro atoms. The number of amides is 2. The van der Waals surface area contributed by atoms with E-state index in [0.29, 0.717) is 6.54 Å². The normalized spacial score (nSPS) is 12.3. The zero-order valence-corrected chi connectivity index (χ0v) is 13.9. The summed E-state index contributed by atoms with van der Waals surface area (Å²) in [6, 6.07) is 9.88. The molecule has 1 rings (SSSR count). The highest BCUT2D eigenvalue weighted by molar-refractivity contribution is 5.81. The summed E-state index contributed by atoms with van der Waals surface area (Å²) in [5.74, 6) is -0.128. The first-order valence-corrected chi connectivity index (χ1v) is 7.78. The van der Waals surface area contributed by atoms with Crippen LogP contribution < -0.4 is 10.6 Å². The molecular formula is C17H27N3O2. The van der Waals surface area contributed by atoms with E-state index in [-0.39, 0.29) is 37.0 Å². The van der Waals surface area contributed by atoms with Gasteiger partial charge in [-0.15, -0.1) is 0 Å². The lowest BCUT2D eigenvalue weighted by atomic mass is 10.1. The molecule has 1 aromatic carbocycles. The van der Waals surface area contributed by atoms with Gasteiger partial charge in [0.05, 0.1) is 19.1 Å². The van der Waals surface area contributed by atoms with Crippen molar-refractivity contribution in [3.63, 3.8) is 0 Å². The number of carbonyl (C=O) groups excluding carboxylic acids is 2. The van der Waals surface area contributed by atoms with Crippen molar-refractivity contribution in [3.8, 4) is 0 Å². The van der Waals surface area contributed by atoms with Crippen molar-refractivity contribution in [1.29, 1.82) is 0 Å². The van der Waals surface area contributed by atoms with E-state index in [4.69, 9.17) is 0 Å². The summed E-state index contributed by atoms with van der Waals surface area (Å²) in [6.07, 6.45) is 0. The first-order chi connectivity index (χ1) is 10.4. The van der Waals surface area contributed by atoms with Crippen molar-refractivity contribution in [2.75, 3.05) is 19.6 Å². The Morgan fingerprint density at radius 2 is 1.55 bits per heavy atom. The van der Waals surface area contributed by atoms with E-state index < -0.39 is 0 Å². The summed E-state index contributed by atoms with van der Waals surface area (Å²) in [5, 5.41) is 5.80. The lowest BCUT2D eigenvalue weighted by Gasteiger charge is -2.22. The third-order valence-corrected chi connectivity index (χ3v) is 3.31. The number of likely N-dealkylation sites (N-methyl/N-ethyl adjacent to an activating group) is 1. The van der Waals surface area contributed by atoms with Crippen molar-refractivity contribution >= 4 is 11.8 Å². The number of nitrogens with zero attached hydrogens (tertiary/aromatic N) is 1. The molecule has 2 amide bonds. The maximum Gasteiger partial charge on any atom is 0.234 e. The Balaban J connectivity index is 2.46. The van der Waals surface area contributed by atoms with E-state index >= 15 is 0 Å². The van der Waals surface area contributed by atoms with E-state index in [0.717, 1.165) is 5.56 Å². The first kappa shape index (κ1) is 18.2. The van der Waals surface area contributed by atoms with Crippen LogP contribution in [-0.2, 0) is 9.59 Å². The molecular weight excluding hydrogens is 278 g/mol. The molecule has 0 aliphatic heterocycles. The molecule has 0 saturated heterocycles. The van der Waals surface area contributed by atoms with Gasteiger partial charge in [-0.25, -0.2) is 0 Å². The molecule has 0 saturated carbocycles. The third kappa shape index (κ3) is 6.72. The van der Waals surface area contributed by atoms with Crippen LogP contribution in [-0.4, -0.2) is 42.4 Å². The second-order valence-corrected chi connectivity index (χ2v) is 5.73. The second kappa shape index (κ2) is 9.20.